The molecule has 3 amide bonds. The SMILES string of the molecule is Cc1ccc(CC(=O)O[C@@H](C(=O)NC(N)=O)C(C)C)cc1C. The van der Waals surface area contributed by atoms with Gasteiger partial charge in [-0.2, -0.15) is 0 Å². The number of esters is 1. The summed E-state index contributed by atoms with van der Waals surface area (Å²) in [6, 6.07) is 4.71. The van der Waals surface area contributed by atoms with Crippen LogP contribution < -0.4 is 11.1 Å². The number of imide groups is 1. The van der Waals surface area contributed by atoms with Crippen molar-refractivity contribution in [2.75, 3.05) is 0 Å². The number of aryl methyl sites for hydroxylation is 2. The van der Waals surface area contributed by atoms with Gasteiger partial charge in [0.2, 0.25) is 0 Å². The molecule has 0 unspecified atom stereocenters. The van der Waals surface area contributed by atoms with Crippen molar-refractivity contribution in [1.82, 2.24) is 5.32 Å². The van der Waals surface area contributed by atoms with Crippen molar-refractivity contribution in [2.24, 2.45) is 11.7 Å². The van der Waals surface area contributed by atoms with Crippen LogP contribution in [0.15, 0.2) is 18.2 Å². The summed E-state index contributed by atoms with van der Waals surface area (Å²) in [7, 11) is 0. The van der Waals surface area contributed by atoms with Crippen LogP contribution in [-0.4, -0.2) is 24.0 Å². The lowest BCUT2D eigenvalue weighted by Crippen LogP contribution is -2.45. The maximum atomic E-state index is 12.0. The molecule has 0 radical (unpaired) electrons. The van der Waals surface area contributed by atoms with Crippen LogP contribution in [0.2, 0.25) is 0 Å². The quantitative estimate of drug-likeness (QED) is 0.807. The molecular weight excluding hydrogens is 284 g/mol. The number of amides is 3. The number of nitrogens with one attached hydrogen (secondary N) is 1. The first kappa shape index (κ1) is 17.7. The zero-order valence-electron chi connectivity index (χ0n) is 13.3. The number of hydrogen-bond donors (Lipinski definition) is 2. The van der Waals surface area contributed by atoms with Crippen LogP contribution >= 0.6 is 0 Å². The van der Waals surface area contributed by atoms with Gasteiger partial charge in [-0.3, -0.25) is 14.9 Å². The number of primary amides is 1. The highest BCUT2D eigenvalue weighted by molar-refractivity contribution is 5.96. The van der Waals surface area contributed by atoms with E-state index < -0.39 is 24.0 Å². The summed E-state index contributed by atoms with van der Waals surface area (Å²) in [6.45, 7) is 7.38. The Morgan fingerprint density at radius 1 is 1.18 bits per heavy atom. The van der Waals surface area contributed by atoms with Crippen molar-refractivity contribution in [3.8, 4) is 0 Å². The summed E-state index contributed by atoms with van der Waals surface area (Å²) in [4.78, 5) is 34.5. The van der Waals surface area contributed by atoms with Gasteiger partial charge in [-0.05, 0) is 36.5 Å². The number of carbonyl (C=O) groups is 3. The van der Waals surface area contributed by atoms with Gasteiger partial charge in [0.05, 0.1) is 6.42 Å². The Hall–Kier alpha value is -2.37. The molecule has 1 aromatic carbocycles. The topological polar surface area (TPSA) is 98.5 Å². The second kappa shape index (κ2) is 7.59. The van der Waals surface area contributed by atoms with Gasteiger partial charge in [-0.25, -0.2) is 4.79 Å². The van der Waals surface area contributed by atoms with E-state index in [0.717, 1.165) is 16.7 Å². The largest absolute Gasteiger partial charge is 0.452 e. The molecule has 6 heteroatoms. The zero-order valence-corrected chi connectivity index (χ0v) is 13.3. The van der Waals surface area contributed by atoms with Crippen LogP contribution in [0.3, 0.4) is 0 Å². The lowest BCUT2D eigenvalue weighted by molar-refractivity contribution is -0.157. The molecule has 0 aliphatic rings. The van der Waals surface area contributed by atoms with E-state index in [1.54, 1.807) is 13.8 Å². The molecule has 3 N–H and O–H groups in total. The molecule has 1 atom stereocenters. The van der Waals surface area contributed by atoms with E-state index in [4.69, 9.17) is 10.5 Å². The maximum absolute atomic E-state index is 12.0. The van der Waals surface area contributed by atoms with Crippen LogP contribution in [0.4, 0.5) is 4.79 Å². The van der Waals surface area contributed by atoms with Crippen LogP contribution in [0.5, 0.6) is 0 Å². The fraction of sp³-hybridized carbons (Fsp3) is 0.438. The van der Waals surface area contributed by atoms with E-state index in [0.29, 0.717) is 0 Å². The molecule has 1 aromatic rings. The molecule has 0 saturated heterocycles. The van der Waals surface area contributed by atoms with Crippen molar-refractivity contribution in [3.05, 3.63) is 34.9 Å². The summed E-state index contributed by atoms with van der Waals surface area (Å²) in [5, 5.41) is 1.93. The van der Waals surface area contributed by atoms with Crippen molar-refractivity contribution in [1.29, 1.82) is 0 Å². The molecule has 0 bridgehead atoms. The lowest BCUT2D eigenvalue weighted by atomic mass is 10.0. The van der Waals surface area contributed by atoms with Crippen molar-refractivity contribution in [3.63, 3.8) is 0 Å². The first-order chi connectivity index (χ1) is 10.2. The number of hydrogen-bond acceptors (Lipinski definition) is 4. The molecule has 0 aliphatic heterocycles. The molecule has 120 valence electrons. The minimum Gasteiger partial charge on any atom is -0.452 e. The smallest absolute Gasteiger partial charge is 0.318 e. The Balaban J connectivity index is 2.73. The van der Waals surface area contributed by atoms with Crippen molar-refractivity contribution in [2.45, 2.75) is 40.2 Å². The number of rotatable bonds is 5. The lowest BCUT2D eigenvalue weighted by Gasteiger charge is -2.20. The predicted molar refractivity (Wildman–Crippen MR) is 82.1 cm³/mol. The fourth-order valence-electron chi connectivity index (χ4n) is 1.95. The molecule has 0 aliphatic carbocycles. The van der Waals surface area contributed by atoms with E-state index in [1.165, 1.54) is 0 Å². The summed E-state index contributed by atoms with van der Waals surface area (Å²) < 4.78 is 5.19. The van der Waals surface area contributed by atoms with Gasteiger partial charge in [0.25, 0.3) is 5.91 Å². The van der Waals surface area contributed by atoms with E-state index in [1.807, 2.05) is 37.4 Å². The Morgan fingerprint density at radius 3 is 2.32 bits per heavy atom. The zero-order chi connectivity index (χ0) is 16.9. The average Bonchev–Trinajstić information content (AvgIpc) is 2.39. The second-order valence-corrected chi connectivity index (χ2v) is 5.60. The third kappa shape index (κ3) is 5.20. The monoisotopic (exact) mass is 306 g/mol. The normalized spacial score (nSPS) is 11.9. The van der Waals surface area contributed by atoms with Crippen molar-refractivity contribution >= 4 is 17.9 Å². The molecule has 22 heavy (non-hydrogen) atoms. The van der Waals surface area contributed by atoms with Crippen LogP contribution in [0.25, 0.3) is 0 Å². The first-order valence-corrected chi connectivity index (χ1v) is 7.06. The van der Waals surface area contributed by atoms with Gasteiger partial charge in [-0.15, -0.1) is 0 Å². The summed E-state index contributed by atoms with van der Waals surface area (Å²) in [6.07, 6.45) is -0.986. The van der Waals surface area contributed by atoms with Gasteiger partial charge in [0.15, 0.2) is 6.10 Å². The molecule has 0 aromatic heterocycles. The first-order valence-electron chi connectivity index (χ1n) is 7.06. The van der Waals surface area contributed by atoms with E-state index >= 15 is 0 Å². The number of nitrogens with two attached hydrogens (primary N) is 1. The van der Waals surface area contributed by atoms with E-state index in [9.17, 15) is 14.4 Å². The molecular formula is C16H22N2O4. The fourth-order valence-corrected chi connectivity index (χ4v) is 1.95. The standard InChI is InChI=1S/C16H22N2O4/c1-9(2)14(15(20)18-16(17)21)22-13(19)8-12-6-5-10(3)11(4)7-12/h5-7,9,14H,8H2,1-4H3,(H3,17,18,20,21)/t14-/m1/s1. The summed E-state index contributed by atoms with van der Waals surface area (Å²) >= 11 is 0. The highest BCUT2D eigenvalue weighted by Crippen LogP contribution is 2.13. The highest BCUT2D eigenvalue weighted by Gasteiger charge is 2.27. The van der Waals surface area contributed by atoms with Gasteiger partial charge in [0, 0.05) is 0 Å². The van der Waals surface area contributed by atoms with Crippen molar-refractivity contribution < 1.29 is 19.1 Å². The van der Waals surface area contributed by atoms with Crippen LogP contribution in [-0.2, 0) is 20.7 Å². The molecule has 0 saturated carbocycles. The van der Waals surface area contributed by atoms with Crippen LogP contribution in [0, 0.1) is 19.8 Å². The van der Waals surface area contributed by atoms with Gasteiger partial charge >= 0.3 is 12.0 Å². The van der Waals surface area contributed by atoms with Gasteiger partial charge in [0.1, 0.15) is 0 Å². The number of carbonyl (C=O) groups excluding carboxylic acids is 3. The Morgan fingerprint density at radius 2 is 1.82 bits per heavy atom. The minimum absolute atomic E-state index is 0.0637. The Labute approximate surface area is 130 Å². The Bertz CT molecular complexity index is 582. The molecule has 0 heterocycles. The maximum Gasteiger partial charge on any atom is 0.318 e. The predicted octanol–water partition coefficient (Wildman–Crippen LogP) is 1.61. The summed E-state index contributed by atoms with van der Waals surface area (Å²) in [5.74, 6) is -1.51. The molecule has 0 spiro atoms. The van der Waals surface area contributed by atoms with E-state index in [-0.39, 0.29) is 12.3 Å². The number of urea groups is 1. The third-order valence-electron chi connectivity index (χ3n) is 3.29. The Kier molecular flexibility index (Phi) is 6.10. The molecule has 1 rings (SSSR count). The minimum atomic E-state index is -1.05. The summed E-state index contributed by atoms with van der Waals surface area (Å²) in [5.41, 5.74) is 7.93. The van der Waals surface area contributed by atoms with Gasteiger partial charge in [-0.1, -0.05) is 32.0 Å². The average molecular weight is 306 g/mol. The van der Waals surface area contributed by atoms with Crippen LogP contribution in [0.1, 0.15) is 30.5 Å². The third-order valence-corrected chi connectivity index (χ3v) is 3.29. The van der Waals surface area contributed by atoms with E-state index in [2.05, 4.69) is 0 Å². The molecule has 0 fully saturated rings. The number of ether oxygens (including phenoxy) is 1. The highest BCUT2D eigenvalue weighted by atomic mass is 16.5. The number of benzene rings is 1. The van der Waals surface area contributed by atoms with Gasteiger partial charge < -0.3 is 10.5 Å². The second-order valence-electron chi connectivity index (χ2n) is 5.60. The molecule has 6 nitrogen and oxygen atoms in total.